The van der Waals surface area contributed by atoms with Crippen LogP contribution in [-0.2, 0) is 10.0 Å². The summed E-state index contributed by atoms with van der Waals surface area (Å²) >= 11 is 1.55. The first kappa shape index (κ1) is 15.1. The van der Waals surface area contributed by atoms with E-state index >= 15 is 0 Å². The zero-order valence-electron chi connectivity index (χ0n) is 10.1. The molecule has 0 amide bonds. The lowest BCUT2D eigenvalue weighted by molar-refractivity contribution is 0.0691. The summed E-state index contributed by atoms with van der Waals surface area (Å²) in [5.74, 6) is -0.515. The van der Waals surface area contributed by atoms with E-state index in [0.29, 0.717) is 12.2 Å². The van der Waals surface area contributed by atoms with Gasteiger partial charge in [-0.3, -0.25) is 0 Å². The number of sulfonamides is 1. The standard InChI is InChI=1S/C10H16N2O4S2/c1-3-7(6-17-2)12-18(15,16)8-4-9(10(13)14)11-5-8/h4-5,7,11-12H,3,6H2,1-2H3,(H,13,14). The number of thioether (sulfide) groups is 1. The lowest BCUT2D eigenvalue weighted by Gasteiger charge is -2.14. The van der Waals surface area contributed by atoms with Gasteiger partial charge >= 0.3 is 5.97 Å². The Morgan fingerprint density at radius 3 is 2.72 bits per heavy atom. The normalized spacial score (nSPS) is 13.4. The van der Waals surface area contributed by atoms with E-state index in [2.05, 4.69) is 9.71 Å². The molecule has 18 heavy (non-hydrogen) atoms. The van der Waals surface area contributed by atoms with Crippen LogP contribution in [0.4, 0.5) is 0 Å². The Labute approximate surface area is 110 Å². The summed E-state index contributed by atoms with van der Waals surface area (Å²) < 4.78 is 26.5. The van der Waals surface area contributed by atoms with Crippen molar-refractivity contribution in [3.05, 3.63) is 18.0 Å². The van der Waals surface area contributed by atoms with Crippen molar-refractivity contribution in [2.24, 2.45) is 0 Å². The Morgan fingerprint density at radius 1 is 1.61 bits per heavy atom. The highest BCUT2D eigenvalue weighted by molar-refractivity contribution is 7.98. The van der Waals surface area contributed by atoms with Gasteiger partial charge in [0.05, 0.1) is 0 Å². The largest absolute Gasteiger partial charge is 0.477 e. The van der Waals surface area contributed by atoms with Gasteiger partial charge in [-0.25, -0.2) is 17.9 Å². The molecule has 1 unspecified atom stereocenters. The van der Waals surface area contributed by atoms with E-state index in [-0.39, 0.29) is 16.6 Å². The average molecular weight is 292 g/mol. The van der Waals surface area contributed by atoms with Crippen LogP contribution >= 0.6 is 11.8 Å². The van der Waals surface area contributed by atoms with Gasteiger partial charge in [0, 0.05) is 18.0 Å². The number of hydrogen-bond acceptors (Lipinski definition) is 4. The van der Waals surface area contributed by atoms with Crippen molar-refractivity contribution in [2.45, 2.75) is 24.3 Å². The van der Waals surface area contributed by atoms with E-state index < -0.39 is 16.0 Å². The second-order valence-corrected chi connectivity index (χ2v) is 6.36. The summed E-state index contributed by atoms with van der Waals surface area (Å²) in [5.41, 5.74) is -0.145. The monoisotopic (exact) mass is 292 g/mol. The summed E-state index contributed by atoms with van der Waals surface area (Å²) in [4.78, 5) is 13.0. The van der Waals surface area contributed by atoms with Crippen LogP contribution in [0.15, 0.2) is 17.2 Å². The van der Waals surface area contributed by atoms with E-state index in [0.717, 1.165) is 6.07 Å². The van der Waals surface area contributed by atoms with Crippen LogP contribution in [0.3, 0.4) is 0 Å². The Bertz CT molecular complexity index is 510. The minimum atomic E-state index is -3.66. The van der Waals surface area contributed by atoms with Crippen molar-refractivity contribution in [3.63, 3.8) is 0 Å². The maximum Gasteiger partial charge on any atom is 0.352 e. The Balaban J connectivity index is 2.88. The predicted molar refractivity (Wildman–Crippen MR) is 70.5 cm³/mol. The smallest absolute Gasteiger partial charge is 0.352 e. The van der Waals surface area contributed by atoms with Crippen molar-refractivity contribution < 1.29 is 18.3 Å². The molecular weight excluding hydrogens is 276 g/mol. The third-order valence-electron chi connectivity index (χ3n) is 2.38. The Kier molecular flexibility index (Phi) is 5.24. The van der Waals surface area contributed by atoms with E-state index in [9.17, 15) is 13.2 Å². The summed E-state index contributed by atoms with van der Waals surface area (Å²) in [6, 6.07) is 0.949. The summed E-state index contributed by atoms with van der Waals surface area (Å²) in [5, 5.41) is 8.73. The Morgan fingerprint density at radius 2 is 2.28 bits per heavy atom. The number of aromatic amines is 1. The molecule has 0 saturated carbocycles. The summed E-state index contributed by atoms with van der Waals surface area (Å²) in [6.07, 6.45) is 3.75. The van der Waals surface area contributed by atoms with Gasteiger partial charge in [0.1, 0.15) is 10.6 Å². The highest BCUT2D eigenvalue weighted by Gasteiger charge is 2.21. The third kappa shape index (κ3) is 3.76. The molecule has 1 aromatic rings. The first-order valence-corrected chi connectivity index (χ1v) is 8.21. The molecule has 3 N–H and O–H groups in total. The molecule has 1 heterocycles. The molecule has 0 radical (unpaired) electrons. The van der Waals surface area contributed by atoms with Crippen LogP contribution in [0.5, 0.6) is 0 Å². The number of aromatic carboxylic acids is 1. The van der Waals surface area contributed by atoms with Crippen LogP contribution in [-0.4, -0.2) is 42.5 Å². The number of carboxylic acid groups (broad SMARTS) is 1. The van der Waals surface area contributed by atoms with Gasteiger partial charge in [-0.05, 0) is 18.7 Å². The van der Waals surface area contributed by atoms with Crippen LogP contribution in [0.2, 0.25) is 0 Å². The minimum Gasteiger partial charge on any atom is -0.477 e. The van der Waals surface area contributed by atoms with Crippen LogP contribution < -0.4 is 4.72 Å². The van der Waals surface area contributed by atoms with Gasteiger partial charge in [0.2, 0.25) is 10.0 Å². The van der Waals surface area contributed by atoms with Crippen molar-refractivity contribution >= 4 is 27.8 Å². The van der Waals surface area contributed by atoms with Gasteiger partial charge in [0.15, 0.2) is 0 Å². The topological polar surface area (TPSA) is 99.3 Å². The summed E-state index contributed by atoms with van der Waals surface area (Å²) in [6.45, 7) is 1.89. The molecular formula is C10H16N2O4S2. The molecule has 0 aliphatic heterocycles. The molecule has 6 nitrogen and oxygen atoms in total. The van der Waals surface area contributed by atoms with Gasteiger partial charge in [-0.2, -0.15) is 11.8 Å². The van der Waals surface area contributed by atoms with Crippen LogP contribution in [0.1, 0.15) is 23.8 Å². The fraction of sp³-hybridized carbons (Fsp3) is 0.500. The highest BCUT2D eigenvalue weighted by Crippen LogP contribution is 2.13. The molecule has 0 aliphatic carbocycles. The van der Waals surface area contributed by atoms with Crippen LogP contribution in [0, 0.1) is 0 Å². The van der Waals surface area contributed by atoms with Crippen molar-refractivity contribution in [1.29, 1.82) is 0 Å². The SMILES string of the molecule is CCC(CSC)NS(=O)(=O)c1c[nH]c(C(=O)O)c1. The molecule has 102 valence electrons. The number of carbonyl (C=O) groups is 1. The molecule has 1 atom stereocenters. The summed E-state index contributed by atoms with van der Waals surface area (Å²) in [7, 11) is -3.66. The highest BCUT2D eigenvalue weighted by atomic mass is 32.2. The maximum absolute atomic E-state index is 12.0. The number of aromatic nitrogens is 1. The van der Waals surface area contributed by atoms with E-state index in [1.165, 1.54) is 6.20 Å². The van der Waals surface area contributed by atoms with Crippen LogP contribution in [0.25, 0.3) is 0 Å². The number of carboxylic acids is 1. The first-order chi connectivity index (χ1) is 8.40. The van der Waals surface area contributed by atoms with Gasteiger partial charge in [0.25, 0.3) is 0 Å². The number of rotatable bonds is 7. The molecule has 0 aromatic carbocycles. The zero-order valence-corrected chi connectivity index (χ0v) is 11.8. The van der Waals surface area contributed by atoms with Crippen molar-refractivity contribution in [3.8, 4) is 0 Å². The van der Waals surface area contributed by atoms with Gasteiger partial charge in [-0.1, -0.05) is 6.92 Å². The molecule has 0 saturated heterocycles. The van der Waals surface area contributed by atoms with Crippen molar-refractivity contribution in [1.82, 2.24) is 9.71 Å². The quantitative estimate of drug-likeness (QED) is 0.699. The van der Waals surface area contributed by atoms with E-state index in [4.69, 9.17) is 5.11 Å². The molecule has 1 aromatic heterocycles. The lowest BCUT2D eigenvalue weighted by Crippen LogP contribution is -2.35. The molecule has 0 bridgehead atoms. The second-order valence-electron chi connectivity index (χ2n) is 3.74. The molecule has 0 aliphatic rings. The number of H-pyrrole nitrogens is 1. The molecule has 1 rings (SSSR count). The Hall–Kier alpha value is -0.990. The van der Waals surface area contributed by atoms with E-state index in [1.807, 2.05) is 13.2 Å². The molecule has 8 heteroatoms. The van der Waals surface area contributed by atoms with Gasteiger partial charge in [-0.15, -0.1) is 0 Å². The molecule has 0 spiro atoms. The molecule has 0 fully saturated rings. The average Bonchev–Trinajstić information content (AvgIpc) is 2.78. The fourth-order valence-electron chi connectivity index (χ4n) is 1.38. The zero-order chi connectivity index (χ0) is 13.8. The lowest BCUT2D eigenvalue weighted by atomic mass is 10.3. The number of nitrogens with one attached hydrogen (secondary N) is 2. The van der Waals surface area contributed by atoms with E-state index in [1.54, 1.807) is 11.8 Å². The second kappa shape index (κ2) is 6.26. The maximum atomic E-state index is 12.0. The van der Waals surface area contributed by atoms with Gasteiger partial charge < -0.3 is 10.1 Å². The fourth-order valence-corrected chi connectivity index (χ4v) is 3.52. The first-order valence-electron chi connectivity index (χ1n) is 5.33. The predicted octanol–water partition coefficient (Wildman–Crippen LogP) is 1.13. The van der Waals surface area contributed by atoms with Crippen molar-refractivity contribution in [2.75, 3.05) is 12.0 Å². The minimum absolute atomic E-state index is 0.0561. The third-order valence-corrected chi connectivity index (χ3v) is 4.62. The number of hydrogen-bond donors (Lipinski definition) is 3.